The minimum absolute atomic E-state index is 0.158. The van der Waals surface area contributed by atoms with Crippen LogP contribution in [0, 0.1) is 19.8 Å². The number of esters is 1. The van der Waals surface area contributed by atoms with Crippen molar-refractivity contribution in [2.75, 3.05) is 0 Å². The van der Waals surface area contributed by atoms with Gasteiger partial charge in [-0.25, -0.2) is 4.79 Å². The van der Waals surface area contributed by atoms with Crippen molar-refractivity contribution in [3.63, 3.8) is 0 Å². The molecule has 0 bridgehead atoms. The molecule has 5 heteroatoms. The van der Waals surface area contributed by atoms with Crippen molar-refractivity contribution in [3.05, 3.63) is 82.4 Å². The second-order valence-corrected chi connectivity index (χ2v) is 7.98. The number of hydrogen-bond donors (Lipinski definition) is 1. The van der Waals surface area contributed by atoms with Crippen LogP contribution in [0.2, 0.25) is 0 Å². The zero-order valence-electron chi connectivity index (χ0n) is 18.1. The summed E-state index contributed by atoms with van der Waals surface area (Å²) >= 11 is 0. The highest BCUT2D eigenvalue weighted by molar-refractivity contribution is 5.99. The molecule has 0 amide bonds. The summed E-state index contributed by atoms with van der Waals surface area (Å²) in [7, 11) is 0. The number of carbonyl (C=O) groups excluding carboxylic acids is 1. The highest BCUT2D eigenvalue weighted by atomic mass is 16.5. The van der Waals surface area contributed by atoms with Gasteiger partial charge in [-0.15, -0.1) is 0 Å². The molecule has 0 spiro atoms. The Balaban J connectivity index is 2.10. The number of aryl methyl sites for hydroxylation is 2. The molecule has 0 radical (unpaired) electrons. The van der Waals surface area contributed by atoms with E-state index in [4.69, 9.17) is 15.5 Å². The van der Waals surface area contributed by atoms with E-state index >= 15 is 0 Å². The van der Waals surface area contributed by atoms with Gasteiger partial charge in [-0.2, -0.15) is 0 Å². The fourth-order valence-corrected chi connectivity index (χ4v) is 3.57. The smallest absolute Gasteiger partial charge is 0.340 e. The van der Waals surface area contributed by atoms with Gasteiger partial charge in [-0.05, 0) is 43.4 Å². The summed E-state index contributed by atoms with van der Waals surface area (Å²) in [5, 5.41) is 0. The van der Waals surface area contributed by atoms with Gasteiger partial charge in [0.2, 0.25) is 0 Å². The summed E-state index contributed by atoms with van der Waals surface area (Å²) in [6.07, 6.45) is 4.18. The molecule has 2 N–H and O–H groups in total. The predicted molar refractivity (Wildman–Crippen MR) is 119 cm³/mol. The maximum absolute atomic E-state index is 13.2. The number of aromatic nitrogens is 2. The largest absolute Gasteiger partial charge is 0.457 e. The molecule has 5 nitrogen and oxygen atoms in total. The second kappa shape index (κ2) is 9.63. The average Bonchev–Trinajstić information content (AvgIpc) is 2.72. The molecule has 0 fully saturated rings. The van der Waals surface area contributed by atoms with Gasteiger partial charge in [0.25, 0.3) is 0 Å². The quantitative estimate of drug-likeness (QED) is 0.575. The Kier molecular flexibility index (Phi) is 6.95. The van der Waals surface area contributed by atoms with Gasteiger partial charge < -0.3 is 10.5 Å². The highest BCUT2D eigenvalue weighted by Crippen LogP contribution is 2.33. The molecule has 2 aromatic heterocycles. The van der Waals surface area contributed by atoms with E-state index in [1.54, 1.807) is 12.4 Å². The number of carbonyl (C=O) groups is 1. The molecule has 0 aliphatic carbocycles. The van der Waals surface area contributed by atoms with Crippen LogP contribution in [0.3, 0.4) is 0 Å². The zero-order valence-corrected chi connectivity index (χ0v) is 18.1. The number of nitrogens with two attached hydrogens (primary N) is 1. The van der Waals surface area contributed by atoms with Crippen LogP contribution in [0.5, 0.6) is 0 Å². The Morgan fingerprint density at radius 2 is 1.87 bits per heavy atom. The first-order valence-electron chi connectivity index (χ1n) is 10.3. The van der Waals surface area contributed by atoms with Crippen molar-refractivity contribution >= 4 is 5.97 Å². The standard InChI is InChI=1S/C25H29N3O2/c1-16(2)12-22-21(13-26)24(20-9-7-17(3)8-10-20)23(18(4)28-22)25(29)30-15-19-6-5-11-27-14-19/h5-11,14,16H,12-13,15,26H2,1-4H3. The number of nitrogens with zero attached hydrogens (tertiary/aromatic N) is 2. The monoisotopic (exact) mass is 403 g/mol. The van der Waals surface area contributed by atoms with Gasteiger partial charge in [-0.1, -0.05) is 49.7 Å². The molecule has 3 rings (SSSR count). The lowest BCUT2D eigenvalue weighted by atomic mass is 9.90. The molecule has 0 saturated heterocycles. The molecule has 0 aliphatic heterocycles. The summed E-state index contributed by atoms with van der Waals surface area (Å²) < 4.78 is 5.64. The fraction of sp³-hybridized carbons (Fsp3) is 0.320. The third-order valence-electron chi connectivity index (χ3n) is 5.01. The molecule has 0 saturated carbocycles. The zero-order chi connectivity index (χ0) is 21.7. The number of hydrogen-bond acceptors (Lipinski definition) is 5. The Labute approximate surface area is 178 Å². The summed E-state index contributed by atoms with van der Waals surface area (Å²) in [5.41, 5.74) is 13.0. The fourth-order valence-electron chi connectivity index (χ4n) is 3.57. The first kappa shape index (κ1) is 21.7. The number of ether oxygens (including phenoxy) is 1. The minimum Gasteiger partial charge on any atom is -0.457 e. The number of pyridine rings is 2. The summed E-state index contributed by atoms with van der Waals surface area (Å²) in [6.45, 7) is 8.67. The van der Waals surface area contributed by atoms with E-state index < -0.39 is 5.97 Å². The summed E-state index contributed by atoms with van der Waals surface area (Å²) in [4.78, 5) is 22.0. The molecular weight excluding hydrogens is 374 g/mol. The first-order chi connectivity index (χ1) is 14.4. The van der Waals surface area contributed by atoms with Crippen molar-refractivity contribution in [2.45, 2.75) is 47.3 Å². The van der Waals surface area contributed by atoms with Gasteiger partial charge in [0, 0.05) is 35.8 Å². The molecule has 3 aromatic rings. The lowest BCUT2D eigenvalue weighted by Gasteiger charge is -2.20. The van der Waals surface area contributed by atoms with Crippen molar-refractivity contribution < 1.29 is 9.53 Å². The van der Waals surface area contributed by atoms with Crippen LogP contribution in [0.4, 0.5) is 0 Å². The Morgan fingerprint density at radius 3 is 2.47 bits per heavy atom. The maximum Gasteiger partial charge on any atom is 0.340 e. The minimum atomic E-state index is -0.398. The van der Waals surface area contributed by atoms with Crippen LogP contribution in [-0.2, 0) is 24.3 Å². The maximum atomic E-state index is 13.2. The third kappa shape index (κ3) is 4.92. The molecule has 2 heterocycles. The second-order valence-electron chi connectivity index (χ2n) is 7.98. The molecule has 30 heavy (non-hydrogen) atoms. The van der Waals surface area contributed by atoms with Gasteiger partial charge in [0.1, 0.15) is 6.61 Å². The Bertz CT molecular complexity index is 1010. The lowest BCUT2D eigenvalue weighted by Crippen LogP contribution is -2.17. The topological polar surface area (TPSA) is 78.1 Å². The van der Waals surface area contributed by atoms with Gasteiger partial charge in [0.15, 0.2) is 0 Å². The Morgan fingerprint density at radius 1 is 1.13 bits per heavy atom. The molecular formula is C25H29N3O2. The normalized spacial score (nSPS) is 11.0. The number of benzene rings is 1. The SMILES string of the molecule is Cc1ccc(-c2c(CN)c(CC(C)C)nc(C)c2C(=O)OCc2cccnc2)cc1. The predicted octanol–water partition coefficient (Wildman–Crippen LogP) is 4.77. The van der Waals surface area contributed by atoms with Crippen molar-refractivity contribution in [1.82, 2.24) is 9.97 Å². The lowest BCUT2D eigenvalue weighted by molar-refractivity contribution is 0.0471. The van der Waals surface area contributed by atoms with E-state index in [0.29, 0.717) is 23.7 Å². The highest BCUT2D eigenvalue weighted by Gasteiger charge is 2.24. The van der Waals surface area contributed by atoms with E-state index in [9.17, 15) is 4.79 Å². The average molecular weight is 404 g/mol. The van der Waals surface area contributed by atoms with E-state index in [1.807, 2.05) is 50.2 Å². The third-order valence-corrected chi connectivity index (χ3v) is 5.01. The molecule has 156 valence electrons. The van der Waals surface area contributed by atoms with Gasteiger partial charge in [-0.3, -0.25) is 9.97 Å². The van der Waals surface area contributed by atoms with Crippen LogP contribution < -0.4 is 5.73 Å². The van der Waals surface area contributed by atoms with Crippen LogP contribution in [0.1, 0.15) is 52.3 Å². The summed E-state index contributed by atoms with van der Waals surface area (Å²) in [6, 6.07) is 11.8. The molecule has 1 aromatic carbocycles. The van der Waals surface area contributed by atoms with E-state index in [-0.39, 0.29) is 6.61 Å². The molecule has 0 atom stereocenters. The van der Waals surface area contributed by atoms with Crippen molar-refractivity contribution in [1.29, 1.82) is 0 Å². The number of rotatable bonds is 7. The summed E-state index contributed by atoms with van der Waals surface area (Å²) in [5.74, 6) is 0.0293. The van der Waals surface area contributed by atoms with Crippen LogP contribution in [0.25, 0.3) is 11.1 Å². The van der Waals surface area contributed by atoms with Gasteiger partial charge in [0.05, 0.1) is 11.3 Å². The van der Waals surface area contributed by atoms with Crippen LogP contribution in [0.15, 0.2) is 48.8 Å². The molecule has 0 unspecified atom stereocenters. The van der Waals surface area contributed by atoms with Crippen molar-refractivity contribution in [2.24, 2.45) is 11.7 Å². The Hall–Kier alpha value is -3.05. The van der Waals surface area contributed by atoms with Crippen LogP contribution >= 0.6 is 0 Å². The van der Waals surface area contributed by atoms with Gasteiger partial charge >= 0.3 is 5.97 Å². The first-order valence-corrected chi connectivity index (χ1v) is 10.3. The van der Waals surface area contributed by atoms with E-state index in [0.717, 1.165) is 39.9 Å². The van der Waals surface area contributed by atoms with E-state index in [2.05, 4.69) is 18.8 Å². The van der Waals surface area contributed by atoms with Crippen molar-refractivity contribution in [3.8, 4) is 11.1 Å². The van der Waals surface area contributed by atoms with E-state index in [1.165, 1.54) is 0 Å². The molecule has 0 aliphatic rings. The van der Waals surface area contributed by atoms with Crippen LogP contribution in [-0.4, -0.2) is 15.9 Å².